The van der Waals surface area contributed by atoms with Gasteiger partial charge in [0, 0.05) is 19.2 Å². The Morgan fingerprint density at radius 2 is 1.65 bits per heavy atom. The van der Waals surface area contributed by atoms with Gasteiger partial charge in [0.25, 0.3) is 0 Å². The van der Waals surface area contributed by atoms with Gasteiger partial charge >= 0.3 is 17.8 Å². The Hall–Kier alpha value is -4.00. The topological polar surface area (TPSA) is 88.1 Å². The van der Waals surface area contributed by atoms with E-state index in [2.05, 4.69) is 5.32 Å². The predicted octanol–water partition coefficient (Wildman–Crippen LogP) is 4.20. The van der Waals surface area contributed by atoms with Crippen molar-refractivity contribution in [3.8, 4) is 5.75 Å². The standard InChI is InChI=1S/C24H22N2O5/c1-26(23(29)30-16-18-7-3-2-4-8-18)15-17-11-13-19(14-12-17)24(22(27)28)25-20-9-5-6-10-21(20)31-24/h2-14,25H,15-16H2,1H3,(H,27,28). The van der Waals surface area contributed by atoms with Crippen LogP contribution in [0.2, 0.25) is 0 Å². The van der Waals surface area contributed by atoms with Crippen LogP contribution in [-0.4, -0.2) is 29.1 Å². The van der Waals surface area contributed by atoms with E-state index in [0.717, 1.165) is 11.1 Å². The van der Waals surface area contributed by atoms with Crippen LogP contribution in [0.15, 0.2) is 78.9 Å². The van der Waals surface area contributed by atoms with Crippen LogP contribution in [0, 0.1) is 0 Å². The second-order valence-corrected chi connectivity index (χ2v) is 7.30. The zero-order valence-corrected chi connectivity index (χ0v) is 16.9. The summed E-state index contributed by atoms with van der Waals surface area (Å²) >= 11 is 0. The van der Waals surface area contributed by atoms with Gasteiger partial charge in [-0.05, 0) is 23.3 Å². The van der Waals surface area contributed by atoms with Gasteiger partial charge in [-0.2, -0.15) is 0 Å². The van der Waals surface area contributed by atoms with Crippen LogP contribution in [0.1, 0.15) is 16.7 Å². The van der Waals surface area contributed by atoms with E-state index in [9.17, 15) is 14.7 Å². The molecule has 0 aromatic heterocycles. The summed E-state index contributed by atoms with van der Waals surface area (Å²) in [4.78, 5) is 25.8. The van der Waals surface area contributed by atoms with E-state index in [4.69, 9.17) is 9.47 Å². The molecule has 3 aromatic rings. The number of fused-ring (bicyclic) bond motifs is 1. The summed E-state index contributed by atoms with van der Waals surface area (Å²) in [5.74, 6) is -0.659. The maximum absolute atomic E-state index is 12.3. The minimum atomic E-state index is -1.69. The number of benzene rings is 3. The Balaban J connectivity index is 1.42. The third-order valence-corrected chi connectivity index (χ3v) is 5.06. The molecule has 0 spiro atoms. The van der Waals surface area contributed by atoms with Crippen LogP contribution < -0.4 is 10.1 Å². The molecule has 0 bridgehead atoms. The van der Waals surface area contributed by atoms with Gasteiger partial charge in [-0.3, -0.25) is 0 Å². The Labute approximate surface area is 179 Å². The van der Waals surface area contributed by atoms with E-state index < -0.39 is 17.8 Å². The summed E-state index contributed by atoms with van der Waals surface area (Å²) in [6.45, 7) is 0.524. The van der Waals surface area contributed by atoms with E-state index in [-0.39, 0.29) is 6.61 Å². The molecule has 1 atom stereocenters. The van der Waals surface area contributed by atoms with Gasteiger partial charge in [0.2, 0.25) is 0 Å². The number of amides is 1. The molecule has 0 radical (unpaired) electrons. The Morgan fingerprint density at radius 1 is 0.968 bits per heavy atom. The van der Waals surface area contributed by atoms with Crippen LogP contribution in [0.25, 0.3) is 0 Å². The molecule has 0 saturated carbocycles. The molecule has 158 valence electrons. The molecule has 2 N–H and O–H groups in total. The minimum absolute atomic E-state index is 0.202. The lowest BCUT2D eigenvalue weighted by atomic mass is 10.0. The molecule has 0 saturated heterocycles. The van der Waals surface area contributed by atoms with Crippen LogP contribution >= 0.6 is 0 Å². The lowest BCUT2D eigenvalue weighted by Gasteiger charge is -2.25. The summed E-state index contributed by atoms with van der Waals surface area (Å²) in [5, 5.41) is 12.8. The number of hydrogen-bond acceptors (Lipinski definition) is 5. The molecule has 1 amide bonds. The number of nitrogens with zero attached hydrogens (tertiary/aromatic N) is 1. The van der Waals surface area contributed by atoms with Crippen molar-refractivity contribution in [2.24, 2.45) is 0 Å². The van der Waals surface area contributed by atoms with Gasteiger partial charge in [0.15, 0.2) is 0 Å². The molecule has 1 aliphatic heterocycles. The lowest BCUT2D eigenvalue weighted by molar-refractivity contribution is -0.152. The molecule has 7 heteroatoms. The van der Waals surface area contributed by atoms with E-state index >= 15 is 0 Å². The van der Waals surface area contributed by atoms with E-state index in [1.54, 1.807) is 49.5 Å². The fraction of sp³-hybridized carbons (Fsp3) is 0.167. The van der Waals surface area contributed by atoms with Gasteiger partial charge < -0.3 is 24.8 Å². The van der Waals surface area contributed by atoms with Gasteiger partial charge in [-0.1, -0.05) is 66.7 Å². The van der Waals surface area contributed by atoms with Crippen LogP contribution in [-0.2, 0) is 28.4 Å². The molecule has 0 fully saturated rings. The second kappa shape index (κ2) is 8.39. The van der Waals surface area contributed by atoms with Gasteiger partial charge in [0.05, 0.1) is 5.69 Å². The highest BCUT2D eigenvalue weighted by atomic mass is 16.6. The van der Waals surface area contributed by atoms with Crippen LogP contribution in [0.5, 0.6) is 5.75 Å². The molecule has 1 heterocycles. The van der Waals surface area contributed by atoms with Crippen molar-refractivity contribution in [1.29, 1.82) is 0 Å². The fourth-order valence-electron chi connectivity index (χ4n) is 3.40. The van der Waals surface area contributed by atoms with Crippen molar-refractivity contribution in [2.75, 3.05) is 12.4 Å². The smallest absolute Gasteiger partial charge is 0.410 e. The van der Waals surface area contributed by atoms with E-state index in [1.165, 1.54) is 4.90 Å². The number of carbonyl (C=O) groups is 2. The third-order valence-electron chi connectivity index (χ3n) is 5.06. The van der Waals surface area contributed by atoms with E-state index in [1.807, 2.05) is 36.4 Å². The number of anilines is 1. The number of para-hydroxylation sites is 2. The molecular formula is C24H22N2O5. The van der Waals surface area contributed by atoms with Gasteiger partial charge in [-0.15, -0.1) is 0 Å². The van der Waals surface area contributed by atoms with Crippen molar-refractivity contribution in [1.82, 2.24) is 4.90 Å². The van der Waals surface area contributed by atoms with Crippen molar-refractivity contribution < 1.29 is 24.2 Å². The Morgan fingerprint density at radius 3 is 2.32 bits per heavy atom. The summed E-state index contributed by atoms with van der Waals surface area (Å²) in [6.07, 6.45) is -0.439. The fourth-order valence-corrected chi connectivity index (χ4v) is 3.40. The number of hydrogen-bond donors (Lipinski definition) is 2. The largest absolute Gasteiger partial charge is 0.477 e. The first-order chi connectivity index (χ1) is 15.0. The first kappa shape index (κ1) is 20.3. The molecule has 1 aliphatic rings. The zero-order chi connectivity index (χ0) is 21.8. The van der Waals surface area contributed by atoms with Crippen LogP contribution in [0.4, 0.5) is 10.5 Å². The van der Waals surface area contributed by atoms with Crippen molar-refractivity contribution in [2.45, 2.75) is 18.9 Å². The molecule has 0 aliphatic carbocycles. The number of ether oxygens (including phenoxy) is 2. The summed E-state index contributed by atoms with van der Waals surface area (Å²) in [7, 11) is 1.65. The number of rotatable bonds is 6. The third kappa shape index (κ3) is 4.16. The van der Waals surface area contributed by atoms with Crippen molar-refractivity contribution in [3.63, 3.8) is 0 Å². The highest BCUT2D eigenvalue weighted by Gasteiger charge is 2.48. The number of nitrogens with one attached hydrogen (secondary N) is 1. The number of carboxylic acid groups (broad SMARTS) is 1. The zero-order valence-electron chi connectivity index (χ0n) is 16.9. The van der Waals surface area contributed by atoms with Crippen molar-refractivity contribution in [3.05, 3.63) is 95.6 Å². The Kier molecular flexibility index (Phi) is 5.49. The molecule has 3 aromatic carbocycles. The first-order valence-electron chi connectivity index (χ1n) is 9.79. The van der Waals surface area contributed by atoms with Gasteiger partial charge in [0.1, 0.15) is 12.4 Å². The van der Waals surface area contributed by atoms with Crippen LogP contribution in [0.3, 0.4) is 0 Å². The lowest BCUT2D eigenvalue weighted by Crippen LogP contribution is -2.45. The molecule has 31 heavy (non-hydrogen) atoms. The highest BCUT2D eigenvalue weighted by molar-refractivity contribution is 5.86. The normalized spacial score (nSPS) is 16.5. The molecule has 1 unspecified atom stereocenters. The minimum Gasteiger partial charge on any atom is -0.477 e. The Bertz CT molecular complexity index is 1060. The summed E-state index contributed by atoms with van der Waals surface area (Å²) in [5.41, 5.74) is 1.13. The first-order valence-corrected chi connectivity index (χ1v) is 9.79. The van der Waals surface area contributed by atoms with E-state index in [0.29, 0.717) is 23.5 Å². The average molecular weight is 418 g/mol. The summed E-state index contributed by atoms with van der Waals surface area (Å²) < 4.78 is 11.1. The predicted molar refractivity (Wildman–Crippen MR) is 115 cm³/mol. The highest BCUT2D eigenvalue weighted by Crippen LogP contribution is 2.41. The molecule has 4 rings (SSSR count). The molecular weight excluding hydrogens is 396 g/mol. The second-order valence-electron chi connectivity index (χ2n) is 7.30. The average Bonchev–Trinajstić information content (AvgIpc) is 3.20. The van der Waals surface area contributed by atoms with Gasteiger partial charge in [-0.25, -0.2) is 9.59 Å². The number of carbonyl (C=O) groups excluding carboxylic acids is 1. The number of aliphatic carboxylic acids is 1. The quantitative estimate of drug-likeness (QED) is 0.624. The van der Waals surface area contributed by atoms with Crippen molar-refractivity contribution >= 4 is 17.7 Å². The maximum atomic E-state index is 12.3. The summed E-state index contributed by atoms with van der Waals surface area (Å²) in [6, 6.07) is 23.5. The SMILES string of the molecule is CN(Cc1ccc(C2(C(=O)O)Nc3ccccc3O2)cc1)C(=O)OCc1ccccc1. The number of carboxylic acids is 1. The molecule has 7 nitrogen and oxygen atoms in total. The maximum Gasteiger partial charge on any atom is 0.410 e. The monoisotopic (exact) mass is 418 g/mol.